The minimum atomic E-state index is 0.343. The minimum absolute atomic E-state index is 0.343. The van der Waals surface area contributed by atoms with E-state index in [1.807, 2.05) is 30.3 Å². The molecule has 3 nitrogen and oxygen atoms in total. The van der Waals surface area contributed by atoms with Crippen LogP contribution in [-0.2, 0) is 0 Å². The van der Waals surface area contributed by atoms with Crippen LogP contribution in [0.25, 0.3) is 22.4 Å². The second kappa shape index (κ2) is 7.19. The van der Waals surface area contributed by atoms with E-state index in [4.69, 9.17) is 4.74 Å². The molecular weight excluding hydrogens is 378 g/mol. The topological polar surface area (TPSA) is 39.2 Å². The molecule has 0 radical (unpaired) electrons. The van der Waals surface area contributed by atoms with Gasteiger partial charge in [0, 0.05) is 10.0 Å². The highest BCUT2D eigenvalue weighted by atomic mass is 79.9. The number of ether oxygens (including phenoxy) is 1. The van der Waals surface area contributed by atoms with Crippen molar-refractivity contribution >= 4 is 22.2 Å². The highest BCUT2D eigenvalue weighted by Gasteiger charge is 2.13. The zero-order valence-electron chi connectivity index (χ0n) is 14.3. The lowest BCUT2D eigenvalue weighted by Crippen LogP contribution is -1.97. The summed E-state index contributed by atoms with van der Waals surface area (Å²) in [5.41, 5.74) is 6.94. The quantitative estimate of drug-likeness (QED) is 0.538. The van der Waals surface area contributed by atoms with E-state index in [9.17, 15) is 4.79 Å². The number of methoxy groups -OCH3 is 1. The predicted octanol–water partition coefficient (Wildman–Crippen LogP) is 5.62. The molecule has 0 unspecified atom stereocenters. The van der Waals surface area contributed by atoms with Crippen molar-refractivity contribution in [3.8, 4) is 28.3 Å². The average molecular weight is 396 g/mol. The summed E-state index contributed by atoms with van der Waals surface area (Å²) in [6.07, 6.45) is 0.754. The summed E-state index contributed by atoms with van der Waals surface area (Å²) in [7, 11) is 1.52. The molecule has 0 aliphatic heterocycles. The Hall–Kier alpha value is -2.46. The summed E-state index contributed by atoms with van der Waals surface area (Å²) in [6.45, 7) is 4.19. The highest BCUT2D eigenvalue weighted by Crippen LogP contribution is 2.35. The van der Waals surface area contributed by atoms with Crippen LogP contribution in [0.1, 0.15) is 21.5 Å². The molecule has 4 heteroatoms. The van der Waals surface area contributed by atoms with Crippen LogP contribution in [0, 0.1) is 13.8 Å². The lowest BCUT2D eigenvalue weighted by molar-refractivity contribution is 0.112. The fourth-order valence-electron chi connectivity index (χ4n) is 2.96. The second-order valence-electron chi connectivity index (χ2n) is 5.80. The lowest BCUT2D eigenvalue weighted by Gasteiger charge is -2.15. The van der Waals surface area contributed by atoms with Crippen molar-refractivity contribution < 1.29 is 9.53 Å². The first-order valence-electron chi connectivity index (χ1n) is 7.92. The van der Waals surface area contributed by atoms with Gasteiger partial charge < -0.3 is 4.74 Å². The van der Waals surface area contributed by atoms with E-state index >= 15 is 0 Å². The molecule has 0 aliphatic carbocycles. The van der Waals surface area contributed by atoms with Crippen LogP contribution in [-0.4, -0.2) is 18.4 Å². The summed E-state index contributed by atoms with van der Waals surface area (Å²) in [6, 6.07) is 16.0. The molecule has 3 rings (SSSR count). The zero-order valence-corrected chi connectivity index (χ0v) is 15.9. The van der Waals surface area contributed by atoms with Crippen LogP contribution in [0.3, 0.4) is 0 Å². The molecule has 1 aromatic heterocycles. The van der Waals surface area contributed by atoms with Crippen molar-refractivity contribution in [2.24, 2.45) is 0 Å². The average Bonchev–Trinajstić information content (AvgIpc) is 2.64. The van der Waals surface area contributed by atoms with Gasteiger partial charge in [-0.25, -0.2) is 4.98 Å². The van der Waals surface area contributed by atoms with Crippen LogP contribution in [0.2, 0.25) is 0 Å². The molecule has 25 heavy (non-hydrogen) atoms. The number of halogens is 1. The summed E-state index contributed by atoms with van der Waals surface area (Å²) in [5, 5.41) is 0. The maximum atomic E-state index is 11.1. The van der Waals surface area contributed by atoms with Gasteiger partial charge in [0.05, 0.1) is 18.4 Å². The number of hydrogen-bond donors (Lipinski definition) is 0. The zero-order chi connectivity index (χ0) is 18.0. The SMILES string of the molecule is COc1nc(-c2cccc(-c3cccc(Br)c3C)c2C)ccc1C=O. The van der Waals surface area contributed by atoms with Gasteiger partial charge in [0.2, 0.25) is 5.88 Å². The van der Waals surface area contributed by atoms with Crippen molar-refractivity contribution in [3.05, 3.63) is 69.7 Å². The summed E-state index contributed by atoms with van der Waals surface area (Å²) in [5.74, 6) is 0.343. The van der Waals surface area contributed by atoms with Gasteiger partial charge in [-0.1, -0.05) is 46.3 Å². The smallest absolute Gasteiger partial charge is 0.224 e. The monoisotopic (exact) mass is 395 g/mol. The summed E-state index contributed by atoms with van der Waals surface area (Å²) < 4.78 is 6.33. The molecule has 0 atom stereocenters. The third-order valence-electron chi connectivity index (χ3n) is 4.38. The summed E-state index contributed by atoms with van der Waals surface area (Å²) in [4.78, 5) is 15.6. The number of nitrogens with zero attached hydrogens (tertiary/aromatic N) is 1. The molecule has 126 valence electrons. The predicted molar refractivity (Wildman–Crippen MR) is 104 cm³/mol. The number of benzene rings is 2. The van der Waals surface area contributed by atoms with E-state index in [0.29, 0.717) is 11.4 Å². The Labute approximate surface area is 155 Å². The second-order valence-corrected chi connectivity index (χ2v) is 6.66. The molecule has 0 bridgehead atoms. The molecule has 0 amide bonds. The maximum absolute atomic E-state index is 11.1. The molecule has 0 aliphatic rings. The first-order chi connectivity index (χ1) is 12.1. The van der Waals surface area contributed by atoms with Crippen LogP contribution >= 0.6 is 15.9 Å². The number of aromatic nitrogens is 1. The van der Waals surface area contributed by atoms with E-state index < -0.39 is 0 Å². The summed E-state index contributed by atoms with van der Waals surface area (Å²) >= 11 is 3.60. The Morgan fingerprint density at radius 2 is 1.56 bits per heavy atom. The molecule has 0 saturated carbocycles. The number of rotatable bonds is 4. The van der Waals surface area contributed by atoms with Crippen molar-refractivity contribution in [1.82, 2.24) is 4.98 Å². The first kappa shape index (κ1) is 17.4. The van der Waals surface area contributed by atoms with Gasteiger partial charge in [0.25, 0.3) is 0 Å². The van der Waals surface area contributed by atoms with E-state index in [1.165, 1.54) is 18.2 Å². The number of hydrogen-bond acceptors (Lipinski definition) is 3. The normalized spacial score (nSPS) is 10.6. The standard InChI is InChI=1S/C21H18BrNO2/c1-13-16(17-7-5-9-19(22)14(17)2)6-4-8-18(13)20-11-10-15(12-24)21(23-20)25-3/h4-12H,1-3H3. The number of aldehydes is 1. The van der Waals surface area contributed by atoms with Gasteiger partial charge in [-0.05, 0) is 54.3 Å². The van der Waals surface area contributed by atoms with Gasteiger partial charge >= 0.3 is 0 Å². The lowest BCUT2D eigenvalue weighted by atomic mass is 9.92. The Balaban J connectivity index is 2.17. The van der Waals surface area contributed by atoms with Crippen LogP contribution in [0.15, 0.2) is 53.0 Å². The number of carbonyl (C=O) groups is 1. The van der Waals surface area contributed by atoms with E-state index in [2.05, 4.69) is 46.9 Å². The molecule has 1 heterocycles. The first-order valence-corrected chi connectivity index (χ1v) is 8.71. The Morgan fingerprint density at radius 3 is 2.24 bits per heavy atom. The minimum Gasteiger partial charge on any atom is -0.480 e. The van der Waals surface area contributed by atoms with Crippen LogP contribution in [0.5, 0.6) is 5.88 Å². The number of carbonyl (C=O) groups excluding carboxylic acids is 1. The van der Waals surface area contributed by atoms with Crippen molar-refractivity contribution in [2.45, 2.75) is 13.8 Å². The highest BCUT2D eigenvalue weighted by molar-refractivity contribution is 9.10. The van der Waals surface area contributed by atoms with Crippen LogP contribution < -0.4 is 4.74 Å². The fraction of sp³-hybridized carbons (Fsp3) is 0.143. The van der Waals surface area contributed by atoms with Gasteiger partial charge in [-0.15, -0.1) is 0 Å². The third-order valence-corrected chi connectivity index (χ3v) is 5.24. The fourth-order valence-corrected chi connectivity index (χ4v) is 3.32. The third kappa shape index (κ3) is 3.22. The maximum Gasteiger partial charge on any atom is 0.224 e. The molecule has 2 aromatic carbocycles. The van der Waals surface area contributed by atoms with Crippen LogP contribution in [0.4, 0.5) is 0 Å². The van der Waals surface area contributed by atoms with Gasteiger partial charge in [-0.3, -0.25) is 4.79 Å². The number of pyridine rings is 1. The Morgan fingerprint density at radius 1 is 0.920 bits per heavy atom. The largest absolute Gasteiger partial charge is 0.480 e. The van der Waals surface area contributed by atoms with Gasteiger partial charge in [0.15, 0.2) is 6.29 Å². The molecule has 0 fully saturated rings. The van der Waals surface area contributed by atoms with E-state index in [0.717, 1.165) is 33.1 Å². The van der Waals surface area contributed by atoms with E-state index in [-0.39, 0.29) is 0 Å². The Bertz CT molecular complexity index is 951. The van der Waals surface area contributed by atoms with Crippen molar-refractivity contribution in [3.63, 3.8) is 0 Å². The molecule has 0 spiro atoms. The van der Waals surface area contributed by atoms with Gasteiger partial charge in [-0.2, -0.15) is 0 Å². The molecule has 3 aromatic rings. The Kier molecular flexibility index (Phi) is 5.00. The molecule has 0 saturated heterocycles. The molecule has 0 N–H and O–H groups in total. The van der Waals surface area contributed by atoms with Crippen molar-refractivity contribution in [2.75, 3.05) is 7.11 Å². The van der Waals surface area contributed by atoms with E-state index in [1.54, 1.807) is 6.07 Å². The molecular formula is C21H18BrNO2. The van der Waals surface area contributed by atoms with Crippen molar-refractivity contribution in [1.29, 1.82) is 0 Å². The van der Waals surface area contributed by atoms with Gasteiger partial charge in [0.1, 0.15) is 0 Å².